The van der Waals surface area contributed by atoms with Crippen molar-refractivity contribution in [1.29, 1.82) is 0 Å². The van der Waals surface area contributed by atoms with E-state index in [4.69, 9.17) is 0 Å². The third-order valence-electron chi connectivity index (χ3n) is 5.07. The Balaban J connectivity index is 1.80. The highest BCUT2D eigenvalue weighted by Gasteiger charge is 2.30. The molecule has 0 radical (unpaired) electrons. The molecule has 124 valence electrons. The Morgan fingerprint density at radius 3 is 2.82 bits per heavy atom. The number of likely N-dealkylation sites (tertiary alicyclic amines) is 1. The lowest BCUT2D eigenvalue weighted by atomic mass is 9.89. The molecule has 22 heavy (non-hydrogen) atoms. The van der Waals surface area contributed by atoms with E-state index in [1.54, 1.807) is 0 Å². The highest BCUT2D eigenvalue weighted by molar-refractivity contribution is 5.03. The Morgan fingerprint density at radius 1 is 1.45 bits per heavy atom. The van der Waals surface area contributed by atoms with Crippen LogP contribution in [0.5, 0.6) is 0 Å². The molecule has 1 fully saturated rings. The Morgan fingerprint density at radius 2 is 2.23 bits per heavy atom. The molecule has 2 heterocycles. The van der Waals surface area contributed by atoms with Crippen molar-refractivity contribution in [2.75, 3.05) is 19.6 Å². The van der Waals surface area contributed by atoms with Crippen LogP contribution in [0, 0.1) is 11.8 Å². The van der Waals surface area contributed by atoms with E-state index in [9.17, 15) is 5.11 Å². The Hall–Kier alpha value is -0.970. The second-order valence-electron chi connectivity index (χ2n) is 7.32. The van der Waals surface area contributed by atoms with Crippen molar-refractivity contribution in [3.63, 3.8) is 0 Å². The van der Waals surface area contributed by atoms with Gasteiger partial charge in [0.05, 0.1) is 11.3 Å². The summed E-state index contributed by atoms with van der Waals surface area (Å²) >= 11 is 0. The molecule has 2 rings (SSSR count). The molecule has 0 spiro atoms. The summed E-state index contributed by atoms with van der Waals surface area (Å²) < 4.78 is 0. The molecule has 4 nitrogen and oxygen atoms in total. The number of hydrogen-bond donors (Lipinski definition) is 2. The minimum atomic E-state index is -0.634. The van der Waals surface area contributed by atoms with E-state index in [1.165, 1.54) is 0 Å². The number of pyridine rings is 1. The van der Waals surface area contributed by atoms with Crippen molar-refractivity contribution >= 4 is 0 Å². The van der Waals surface area contributed by atoms with Crippen molar-refractivity contribution in [3.8, 4) is 0 Å². The van der Waals surface area contributed by atoms with Crippen molar-refractivity contribution in [2.45, 2.75) is 52.3 Å². The fourth-order valence-corrected chi connectivity index (χ4v) is 2.94. The largest absolute Gasteiger partial charge is 0.389 e. The molecule has 4 heteroatoms. The van der Waals surface area contributed by atoms with Crippen LogP contribution in [-0.4, -0.2) is 46.3 Å². The Kier molecular flexibility index (Phi) is 5.95. The molecule has 1 aromatic rings. The molecule has 0 saturated carbocycles. The summed E-state index contributed by atoms with van der Waals surface area (Å²) in [6.45, 7) is 12.1. The average molecular weight is 305 g/mol. The topological polar surface area (TPSA) is 48.4 Å². The lowest BCUT2D eigenvalue weighted by molar-refractivity contribution is 0.00659. The van der Waals surface area contributed by atoms with Gasteiger partial charge in [0.25, 0.3) is 0 Å². The predicted octanol–water partition coefficient (Wildman–Crippen LogP) is 2.29. The normalized spacial score (nSPS) is 26.1. The summed E-state index contributed by atoms with van der Waals surface area (Å²) in [5.74, 6) is 0.847. The summed E-state index contributed by atoms with van der Waals surface area (Å²) in [5, 5.41) is 14.0. The molecule has 1 saturated heterocycles. The number of aliphatic hydroxyl groups is 1. The van der Waals surface area contributed by atoms with Crippen LogP contribution in [0.2, 0.25) is 0 Å². The van der Waals surface area contributed by atoms with E-state index >= 15 is 0 Å². The second kappa shape index (κ2) is 7.53. The van der Waals surface area contributed by atoms with Gasteiger partial charge in [-0.05, 0) is 37.3 Å². The fourth-order valence-electron chi connectivity index (χ4n) is 2.94. The van der Waals surface area contributed by atoms with Crippen molar-refractivity contribution in [3.05, 3.63) is 30.1 Å². The van der Waals surface area contributed by atoms with Crippen LogP contribution in [0.3, 0.4) is 0 Å². The number of nitrogens with zero attached hydrogens (tertiary/aromatic N) is 2. The number of aromatic nitrogens is 1. The third-order valence-corrected chi connectivity index (χ3v) is 5.07. The average Bonchev–Trinajstić information content (AvgIpc) is 2.47. The molecular weight excluding hydrogens is 274 g/mol. The van der Waals surface area contributed by atoms with Gasteiger partial charge in [-0.3, -0.25) is 9.88 Å². The van der Waals surface area contributed by atoms with Gasteiger partial charge >= 0.3 is 0 Å². The monoisotopic (exact) mass is 305 g/mol. The maximum absolute atomic E-state index is 10.4. The zero-order chi connectivity index (χ0) is 16.2. The van der Waals surface area contributed by atoms with E-state index in [-0.39, 0.29) is 5.92 Å². The first kappa shape index (κ1) is 17.4. The van der Waals surface area contributed by atoms with Crippen molar-refractivity contribution in [1.82, 2.24) is 15.2 Å². The molecule has 0 aromatic carbocycles. The van der Waals surface area contributed by atoms with Gasteiger partial charge in [0.2, 0.25) is 0 Å². The number of nitrogens with one attached hydrogen (secondary N) is 1. The molecular formula is C18H31N3O. The van der Waals surface area contributed by atoms with Gasteiger partial charge in [0.1, 0.15) is 0 Å². The van der Waals surface area contributed by atoms with Crippen LogP contribution in [0.25, 0.3) is 0 Å². The van der Waals surface area contributed by atoms with Crippen LogP contribution >= 0.6 is 0 Å². The van der Waals surface area contributed by atoms with E-state index in [0.29, 0.717) is 18.5 Å². The molecule has 1 aliphatic rings. The van der Waals surface area contributed by atoms with Gasteiger partial charge in [-0.25, -0.2) is 0 Å². The van der Waals surface area contributed by atoms with Crippen LogP contribution in [0.15, 0.2) is 24.4 Å². The maximum atomic E-state index is 10.4. The first-order valence-electron chi connectivity index (χ1n) is 8.46. The van der Waals surface area contributed by atoms with Gasteiger partial charge in [-0.15, -0.1) is 0 Å². The molecule has 3 unspecified atom stereocenters. The lowest BCUT2D eigenvalue weighted by Crippen LogP contribution is -2.52. The molecule has 1 aliphatic heterocycles. The molecule has 3 atom stereocenters. The SMILES string of the molecule is CC1CN(Cc2ccccn2)CCC1NCC(C)(O)C(C)C. The highest BCUT2D eigenvalue weighted by Crippen LogP contribution is 2.20. The van der Waals surface area contributed by atoms with Crippen LogP contribution in [-0.2, 0) is 6.54 Å². The molecule has 0 amide bonds. The summed E-state index contributed by atoms with van der Waals surface area (Å²) in [6, 6.07) is 6.59. The van der Waals surface area contributed by atoms with Gasteiger partial charge < -0.3 is 10.4 Å². The number of rotatable bonds is 6. The third kappa shape index (κ3) is 4.77. The standard InChI is InChI=1S/C18H31N3O/c1-14(2)18(4,22)13-20-17-8-10-21(11-15(17)3)12-16-7-5-6-9-19-16/h5-7,9,14-15,17,20,22H,8,10-13H2,1-4H3. The van der Waals surface area contributed by atoms with Gasteiger partial charge in [-0.1, -0.05) is 26.8 Å². The van der Waals surface area contributed by atoms with Gasteiger partial charge in [0.15, 0.2) is 0 Å². The number of hydrogen-bond acceptors (Lipinski definition) is 4. The number of piperidine rings is 1. The summed E-state index contributed by atoms with van der Waals surface area (Å²) in [4.78, 5) is 6.89. The Bertz CT molecular complexity index is 447. The molecule has 0 bridgehead atoms. The first-order valence-corrected chi connectivity index (χ1v) is 8.46. The van der Waals surface area contributed by atoms with E-state index in [2.05, 4.69) is 42.0 Å². The quantitative estimate of drug-likeness (QED) is 0.846. The summed E-state index contributed by atoms with van der Waals surface area (Å²) in [6.07, 6.45) is 2.99. The lowest BCUT2D eigenvalue weighted by Gasteiger charge is -2.39. The first-order chi connectivity index (χ1) is 10.4. The highest BCUT2D eigenvalue weighted by atomic mass is 16.3. The Labute approximate surface area is 134 Å². The van der Waals surface area contributed by atoms with Crippen LogP contribution < -0.4 is 5.32 Å². The van der Waals surface area contributed by atoms with E-state index in [1.807, 2.05) is 25.3 Å². The van der Waals surface area contributed by atoms with Crippen LogP contribution in [0.1, 0.15) is 39.8 Å². The minimum absolute atomic E-state index is 0.263. The molecule has 0 aliphatic carbocycles. The van der Waals surface area contributed by atoms with Crippen molar-refractivity contribution < 1.29 is 5.11 Å². The molecule has 2 N–H and O–H groups in total. The zero-order valence-corrected chi connectivity index (χ0v) is 14.4. The summed E-state index contributed by atoms with van der Waals surface area (Å²) in [7, 11) is 0. The fraction of sp³-hybridized carbons (Fsp3) is 0.722. The summed E-state index contributed by atoms with van der Waals surface area (Å²) in [5.41, 5.74) is 0.508. The maximum Gasteiger partial charge on any atom is 0.0766 e. The van der Waals surface area contributed by atoms with E-state index in [0.717, 1.165) is 31.7 Å². The predicted molar refractivity (Wildman–Crippen MR) is 90.5 cm³/mol. The van der Waals surface area contributed by atoms with E-state index < -0.39 is 5.60 Å². The smallest absolute Gasteiger partial charge is 0.0766 e. The van der Waals surface area contributed by atoms with Crippen LogP contribution in [0.4, 0.5) is 0 Å². The van der Waals surface area contributed by atoms with Gasteiger partial charge in [0, 0.05) is 38.4 Å². The van der Waals surface area contributed by atoms with Crippen molar-refractivity contribution in [2.24, 2.45) is 11.8 Å². The molecule has 1 aromatic heterocycles. The second-order valence-corrected chi connectivity index (χ2v) is 7.32. The minimum Gasteiger partial charge on any atom is -0.389 e. The zero-order valence-electron chi connectivity index (χ0n) is 14.4. The van der Waals surface area contributed by atoms with Gasteiger partial charge in [-0.2, -0.15) is 0 Å².